The summed E-state index contributed by atoms with van der Waals surface area (Å²) < 4.78 is 0. The third-order valence-corrected chi connectivity index (χ3v) is 9.74. The van der Waals surface area contributed by atoms with Crippen LogP contribution in [0.15, 0.2) is 11.6 Å². The van der Waals surface area contributed by atoms with Crippen molar-refractivity contribution in [2.24, 2.45) is 34.0 Å². The summed E-state index contributed by atoms with van der Waals surface area (Å²) in [6, 6.07) is 0.864. The molecule has 5 aliphatic carbocycles. The van der Waals surface area contributed by atoms with Gasteiger partial charge in [0.05, 0.1) is 0 Å². The maximum atomic E-state index is 2.62. The van der Waals surface area contributed by atoms with Crippen molar-refractivity contribution in [3.63, 3.8) is 0 Å². The fraction of sp³-hybridized carbons (Fsp3) is 0.905. The molecular formula is C21H33N. The highest BCUT2D eigenvalue weighted by molar-refractivity contribution is 5.38. The highest BCUT2D eigenvalue weighted by Gasteiger charge is 2.85. The van der Waals surface area contributed by atoms with Crippen LogP contribution in [0.25, 0.3) is 0 Å². The van der Waals surface area contributed by atoms with Gasteiger partial charge in [-0.25, -0.2) is 0 Å². The Morgan fingerprint density at radius 2 is 1.77 bits per heavy atom. The van der Waals surface area contributed by atoms with Gasteiger partial charge in [0, 0.05) is 6.04 Å². The van der Waals surface area contributed by atoms with Gasteiger partial charge in [-0.05, 0) is 106 Å². The van der Waals surface area contributed by atoms with Crippen LogP contribution >= 0.6 is 0 Å². The van der Waals surface area contributed by atoms with Gasteiger partial charge in [0.15, 0.2) is 0 Å². The lowest BCUT2D eigenvalue weighted by atomic mass is 9.60. The van der Waals surface area contributed by atoms with E-state index in [1.807, 2.05) is 0 Å². The van der Waals surface area contributed by atoms with Gasteiger partial charge in [-0.15, -0.1) is 0 Å². The second-order valence-corrected chi connectivity index (χ2v) is 9.89. The highest BCUT2D eigenvalue weighted by Crippen LogP contribution is 2.91. The van der Waals surface area contributed by atoms with Crippen molar-refractivity contribution < 1.29 is 0 Å². The first-order valence-electron chi connectivity index (χ1n) is 9.80. The van der Waals surface area contributed by atoms with Crippen LogP contribution in [0.4, 0.5) is 0 Å². The van der Waals surface area contributed by atoms with Gasteiger partial charge >= 0.3 is 0 Å². The largest absolute Gasteiger partial charge is 0.306 e. The van der Waals surface area contributed by atoms with Crippen molar-refractivity contribution in [2.45, 2.75) is 71.3 Å². The van der Waals surface area contributed by atoms with Crippen LogP contribution in [0.1, 0.15) is 65.2 Å². The summed E-state index contributed by atoms with van der Waals surface area (Å²) in [6.45, 7) is 5.05. The maximum Gasteiger partial charge on any atom is 0.00922 e. The summed E-state index contributed by atoms with van der Waals surface area (Å²) in [7, 11) is 4.60. The zero-order valence-electron chi connectivity index (χ0n) is 15.0. The number of allylic oxidation sites excluding steroid dienone is 2. The van der Waals surface area contributed by atoms with Gasteiger partial charge in [0.2, 0.25) is 0 Å². The highest BCUT2D eigenvalue weighted by atomic mass is 15.1. The van der Waals surface area contributed by atoms with Gasteiger partial charge in [-0.1, -0.05) is 18.6 Å². The predicted octanol–water partition coefficient (Wildman–Crippen LogP) is 4.88. The van der Waals surface area contributed by atoms with Crippen molar-refractivity contribution in [3.8, 4) is 0 Å². The van der Waals surface area contributed by atoms with E-state index in [1.165, 1.54) is 25.7 Å². The Bertz CT molecular complexity index is 548. The minimum atomic E-state index is 0.563. The molecule has 7 unspecified atom stereocenters. The molecule has 4 saturated carbocycles. The molecule has 0 saturated heterocycles. The van der Waals surface area contributed by atoms with Gasteiger partial charge < -0.3 is 4.90 Å². The van der Waals surface area contributed by atoms with E-state index < -0.39 is 0 Å². The predicted molar refractivity (Wildman–Crippen MR) is 91.6 cm³/mol. The molecule has 7 atom stereocenters. The molecule has 1 heteroatoms. The molecular weight excluding hydrogens is 266 g/mol. The summed E-state index contributed by atoms with van der Waals surface area (Å²) in [5.74, 6) is 3.17. The van der Waals surface area contributed by atoms with E-state index in [0.717, 1.165) is 34.6 Å². The van der Waals surface area contributed by atoms with E-state index in [1.54, 1.807) is 31.3 Å². The third-order valence-electron chi connectivity index (χ3n) is 9.74. The van der Waals surface area contributed by atoms with Gasteiger partial charge in [-0.3, -0.25) is 0 Å². The summed E-state index contributed by atoms with van der Waals surface area (Å²) in [4.78, 5) is 2.51. The van der Waals surface area contributed by atoms with E-state index in [2.05, 4.69) is 38.9 Å². The molecule has 0 bridgehead atoms. The molecule has 0 aromatic heterocycles. The first-order valence-corrected chi connectivity index (χ1v) is 9.80. The van der Waals surface area contributed by atoms with Crippen molar-refractivity contribution in [2.75, 3.05) is 14.1 Å². The molecule has 0 aliphatic heterocycles. The van der Waals surface area contributed by atoms with Crippen molar-refractivity contribution in [1.29, 1.82) is 0 Å². The van der Waals surface area contributed by atoms with Crippen LogP contribution in [0.5, 0.6) is 0 Å². The van der Waals surface area contributed by atoms with E-state index in [-0.39, 0.29) is 0 Å². The van der Waals surface area contributed by atoms with Crippen molar-refractivity contribution in [3.05, 3.63) is 11.6 Å². The second-order valence-electron chi connectivity index (χ2n) is 9.89. The fourth-order valence-corrected chi connectivity index (χ4v) is 8.66. The second kappa shape index (κ2) is 4.02. The molecule has 0 N–H and O–H groups in total. The van der Waals surface area contributed by atoms with Crippen LogP contribution in [-0.2, 0) is 0 Å². The Labute approximate surface area is 136 Å². The fourth-order valence-electron chi connectivity index (χ4n) is 8.66. The first-order chi connectivity index (χ1) is 10.5. The zero-order valence-corrected chi connectivity index (χ0v) is 15.0. The number of fused-ring (bicyclic) bond motifs is 1. The lowest BCUT2D eigenvalue weighted by molar-refractivity contribution is 0.0750. The summed E-state index contributed by atoms with van der Waals surface area (Å²) in [6.07, 6.45) is 14.7. The van der Waals surface area contributed by atoms with Crippen LogP contribution in [0.2, 0.25) is 0 Å². The molecule has 0 radical (unpaired) electrons. The van der Waals surface area contributed by atoms with Gasteiger partial charge in [-0.2, -0.15) is 0 Å². The molecule has 1 nitrogen and oxygen atoms in total. The average molecular weight is 300 g/mol. The normalized spacial score (nSPS) is 58.7. The number of hydrogen-bond acceptors (Lipinski definition) is 1. The molecule has 0 heterocycles. The number of nitrogens with zero attached hydrogens (tertiary/aromatic N) is 1. The minimum absolute atomic E-state index is 0.563. The topological polar surface area (TPSA) is 3.24 Å². The Kier molecular flexibility index (Phi) is 2.57. The van der Waals surface area contributed by atoms with Crippen LogP contribution < -0.4 is 0 Å². The lowest BCUT2D eigenvalue weighted by Gasteiger charge is -2.44. The smallest absolute Gasteiger partial charge is 0.00922 e. The summed E-state index contributed by atoms with van der Waals surface area (Å²) >= 11 is 0. The van der Waals surface area contributed by atoms with Crippen LogP contribution in [-0.4, -0.2) is 25.0 Å². The minimum Gasteiger partial charge on any atom is -0.306 e. The number of rotatable bonds is 1. The van der Waals surface area contributed by atoms with Gasteiger partial charge in [0.1, 0.15) is 0 Å². The molecule has 22 heavy (non-hydrogen) atoms. The molecule has 2 spiro atoms. The number of hydrogen-bond donors (Lipinski definition) is 0. The molecule has 0 amide bonds. The van der Waals surface area contributed by atoms with E-state index in [0.29, 0.717) is 5.41 Å². The average Bonchev–Trinajstić information content (AvgIpc) is 2.75. The quantitative estimate of drug-likeness (QED) is 0.624. The van der Waals surface area contributed by atoms with Crippen LogP contribution in [0, 0.1) is 34.0 Å². The molecule has 5 aliphatic rings. The third kappa shape index (κ3) is 1.27. The molecule has 4 fully saturated rings. The van der Waals surface area contributed by atoms with Crippen LogP contribution in [0.3, 0.4) is 0 Å². The van der Waals surface area contributed by atoms with Crippen molar-refractivity contribution in [1.82, 2.24) is 4.90 Å². The van der Waals surface area contributed by atoms with E-state index in [4.69, 9.17) is 0 Å². The zero-order chi connectivity index (χ0) is 15.3. The molecule has 5 rings (SSSR count). The standard InChI is InChI=1S/C21H33N/c1-14-5-6-17-19(14,2)10-9-18-20-12-8-16(22(3)4)13-15(20)7-11-21(17,18)20/h5,15-18H,6-13H2,1-4H3. The first kappa shape index (κ1) is 14.1. The summed E-state index contributed by atoms with van der Waals surface area (Å²) in [5, 5.41) is 0. The molecule has 122 valence electrons. The summed E-state index contributed by atoms with van der Waals surface area (Å²) in [5.41, 5.74) is 3.86. The van der Waals surface area contributed by atoms with Crippen molar-refractivity contribution >= 4 is 0 Å². The lowest BCUT2D eigenvalue weighted by Crippen LogP contribution is -2.39. The maximum absolute atomic E-state index is 2.62. The van der Waals surface area contributed by atoms with Gasteiger partial charge in [0.25, 0.3) is 0 Å². The monoisotopic (exact) mass is 299 g/mol. The Hall–Kier alpha value is -0.300. The van der Waals surface area contributed by atoms with E-state index in [9.17, 15) is 0 Å². The molecule has 0 aromatic carbocycles. The molecule has 0 aromatic rings. The SMILES string of the molecule is CC1=CCC2C1(C)CCC1C34CCC(N(C)C)CC3CCC214. The Morgan fingerprint density at radius 3 is 2.55 bits per heavy atom. The Morgan fingerprint density at radius 1 is 1.00 bits per heavy atom. The van der Waals surface area contributed by atoms with E-state index >= 15 is 0 Å². The Balaban J connectivity index is 1.50.